The molecule has 1 aliphatic heterocycles. The summed E-state index contributed by atoms with van der Waals surface area (Å²) in [7, 11) is 0. The molecule has 0 saturated heterocycles. The van der Waals surface area contributed by atoms with Crippen molar-refractivity contribution in [2.45, 2.75) is 19.4 Å². The van der Waals surface area contributed by atoms with Crippen LogP contribution in [0.15, 0.2) is 70.2 Å². The molecule has 0 bridgehead atoms. The maximum atomic E-state index is 13.5. The second kappa shape index (κ2) is 10.6. The molecule has 2 amide bonds. The Balaban J connectivity index is 1.34. The maximum Gasteiger partial charge on any atom is 0.269 e. The second-order valence-corrected chi connectivity index (χ2v) is 8.76. The summed E-state index contributed by atoms with van der Waals surface area (Å²) >= 11 is 6.03. The van der Waals surface area contributed by atoms with E-state index in [0.717, 1.165) is 5.56 Å². The summed E-state index contributed by atoms with van der Waals surface area (Å²) in [6.45, 7) is 2.10. The number of benzene rings is 2. The van der Waals surface area contributed by atoms with Gasteiger partial charge in [-0.1, -0.05) is 28.9 Å². The number of carbonyl (C=O) groups excluding carboxylic acids is 2. The normalized spacial score (nSPS) is 15.2. The van der Waals surface area contributed by atoms with Crippen LogP contribution in [0.1, 0.15) is 33.7 Å². The number of hydrogen-bond donors (Lipinski definition) is 2. The van der Waals surface area contributed by atoms with Gasteiger partial charge in [-0.2, -0.15) is 4.98 Å². The lowest BCUT2D eigenvalue weighted by atomic mass is 10.1. The fourth-order valence-electron chi connectivity index (χ4n) is 3.67. The number of hydrogen-bond acceptors (Lipinski definition) is 10. The van der Waals surface area contributed by atoms with E-state index in [9.17, 15) is 9.59 Å². The number of ether oxygens (including phenoxy) is 1. The quantitative estimate of drug-likeness (QED) is 0.363. The van der Waals surface area contributed by atoms with Gasteiger partial charge in [0.05, 0.1) is 13.1 Å². The van der Waals surface area contributed by atoms with E-state index in [1.54, 1.807) is 43.3 Å². The molecule has 3 heterocycles. The van der Waals surface area contributed by atoms with Crippen molar-refractivity contribution in [1.82, 2.24) is 25.2 Å². The van der Waals surface area contributed by atoms with Gasteiger partial charge < -0.3 is 20.3 Å². The highest BCUT2D eigenvalue weighted by atomic mass is 35.5. The topological polar surface area (TPSA) is 162 Å². The minimum atomic E-state index is -0.688. The molecule has 13 heteroatoms. The summed E-state index contributed by atoms with van der Waals surface area (Å²) < 4.78 is 10.9. The first-order chi connectivity index (χ1) is 18.4. The maximum absolute atomic E-state index is 13.5. The van der Waals surface area contributed by atoms with Crippen molar-refractivity contribution in [1.29, 1.82) is 0 Å². The number of primary amides is 1. The highest BCUT2D eigenvalue weighted by Crippen LogP contribution is 2.26. The first kappa shape index (κ1) is 24.8. The molecular formula is C25H21ClN8O4. The van der Waals surface area contributed by atoms with Crippen molar-refractivity contribution in [2.75, 3.05) is 11.9 Å². The van der Waals surface area contributed by atoms with Gasteiger partial charge in [-0.15, -0.1) is 10.2 Å². The number of amides is 2. The molecule has 192 valence electrons. The smallest absolute Gasteiger partial charge is 0.269 e. The third kappa shape index (κ3) is 5.60. The van der Waals surface area contributed by atoms with Crippen LogP contribution >= 0.6 is 11.6 Å². The first-order valence-electron chi connectivity index (χ1n) is 11.4. The lowest BCUT2D eigenvalue weighted by Gasteiger charge is -2.31. The average molecular weight is 533 g/mol. The summed E-state index contributed by atoms with van der Waals surface area (Å²) in [6, 6.07) is 17.1. The van der Waals surface area contributed by atoms with Crippen LogP contribution in [-0.4, -0.2) is 49.6 Å². The SMILES string of the molecule is Cc1noc(C2CN=C(Nc3ccc(Oc4ccc(C(N)=O)nn4)cc3)N(Cc3ccc(Cl)cc3)C2=O)n1. The Morgan fingerprint density at radius 2 is 1.89 bits per heavy atom. The summed E-state index contributed by atoms with van der Waals surface area (Å²) in [6.07, 6.45) is 0. The number of aryl methyl sites for hydroxylation is 1. The molecule has 2 aromatic heterocycles. The zero-order chi connectivity index (χ0) is 26.6. The summed E-state index contributed by atoms with van der Waals surface area (Å²) in [5, 5.41) is 15.2. The van der Waals surface area contributed by atoms with Gasteiger partial charge >= 0.3 is 0 Å². The van der Waals surface area contributed by atoms with Crippen molar-refractivity contribution >= 4 is 35.1 Å². The highest BCUT2D eigenvalue weighted by Gasteiger charge is 2.36. The molecule has 0 saturated carbocycles. The number of nitrogens with two attached hydrogens (primary N) is 1. The van der Waals surface area contributed by atoms with Crippen LogP contribution in [0.4, 0.5) is 5.69 Å². The molecule has 1 aliphatic rings. The zero-order valence-corrected chi connectivity index (χ0v) is 20.8. The van der Waals surface area contributed by atoms with Crippen molar-refractivity contribution < 1.29 is 18.8 Å². The number of anilines is 1. The predicted molar refractivity (Wildman–Crippen MR) is 137 cm³/mol. The molecule has 5 rings (SSSR count). The van der Waals surface area contributed by atoms with Crippen LogP contribution in [0.25, 0.3) is 0 Å². The fourth-order valence-corrected chi connectivity index (χ4v) is 3.79. The van der Waals surface area contributed by atoms with Gasteiger partial charge in [0, 0.05) is 16.8 Å². The van der Waals surface area contributed by atoms with Crippen LogP contribution in [0.2, 0.25) is 5.02 Å². The second-order valence-electron chi connectivity index (χ2n) is 8.32. The van der Waals surface area contributed by atoms with Crippen LogP contribution in [0.3, 0.4) is 0 Å². The summed E-state index contributed by atoms with van der Waals surface area (Å²) in [5.74, 6) is 0.154. The van der Waals surface area contributed by atoms with E-state index < -0.39 is 11.8 Å². The number of carbonyl (C=O) groups is 2. The lowest BCUT2D eigenvalue weighted by Crippen LogP contribution is -2.47. The minimum Gasteiger partial charge on any atom is -0.438 e. The number of rotatable bonds is 7. The lowest BCUT2D eigenvalue weighted by molar-refractivity contribution is -0.130. The third-order valence-electron chi connectivity index (χ3n) is 5.56. The molecule has 2 aromatic carbocycles. The Morgan fingerprint density at radius 1 is 1.13 bits per heavy atom. The molecule has 0 fully saturated rings. The molecule has 38 heavy (non-hydrogen) atoms. The average Bonchev–Trinajstić information content (AvgIpc) is 3.34. The molecule has 12 nitrogen and oxygen atoms in total. The molecule has 3 N–H and O–H groups in total. The Hall–Kier alpha value is -4.84. The van der Waals surface area contributed by atoms with Gasteiger partial charge in [0.15, 0.2) is 11.5 Å². The van der Waals surface area contributed by atoms with Gasteiger partial charge in [-0.05, 0) is 55.0 Å². The van der Waals surface area contributed by atoms with Gasteiger partial charge in [-0.3, -0.25) is 19.5 Å². The predicted octanol–water partition coefficient (Wildman–Crippen LogP) is 3.31. The van der Waals surface area contributed by atoms with E-state index in [0.29, 0.717) is 28.2 Å². The van der Waals surface area contributed by atoms with Gasteiger partial charge in [-0.25, -0.2) is 0 Å². The van der Waals surface area contributed by atoms with Gasteiger partial charge in [0.1, 0.15) is 11.7 Å². The molecule has 4 aromatic rings. The van der Waals surface area contributed by atoms with Crippen LogP contribution < -0.4 is 15.8 Å². The summed E-state index contributed by atoms with van der Waals surface area (Å²) in [4.78, 5) is 35.0. The molecule has 0 aliphatic carbocycles. The van der Waals surface area contributed by atoms with E-state index in [4.69, 9.17) is 26.6 Å². The van der Waals surface area contributed by atoms with Crippen molar-refractivity contribution in [3.05, 3.63) is 88.7 Å². The van der Waals surface area contributed by atoms with E-state index in [2.05, 4.69) is 30.6 Å². The number of aromatic nitrogens is 4. The largest absolute Gasteiger partial charge is 0.438 e. The van der Waals surface area contributed by atoms with E-state index >= 15 is 0 Å². The third-order valence-corrected chi connectivity index (χ3v) is 5.82. The van der Waals surface area contributed by atoms with Crippen LogP contribution in [-0.2, 0) is 11.3 Å². The van der Waals surface area contributed by atoms with E-state index in [1.807, 2.05) is 12.1 Å². The minimum absolute atomic E-state index is 0.0410. The van der Waals surface area contributed by atoms with Gasteiger partial charge in [0.25, 0.3) is 5.91 Å². The number of nitrogens with one attached hydrogen (secondary N) is 1. The number of nitrogens with zero attached hydrogens (tertiary/aromatic N) is 6. The Kier molecular flexibility index (Phi) is 6.96. The van der Waals surface area contributed by atoms with Crippen molar-refractivity contribution in [3.8, 4) is 11.6 Å². The first-order valence-corrected chi connectivity index (χ1v) is 11.8. The molecule has 0 radical (unpaired) electrons. The van der Waals surface area contributed by atoms with E-state index in [1.165, 1.54) is 17.0 Å². The Bertz CT molecular complexity index is 1490. The Labute approximate surface area is 221 Å². The van der Waals surface area contributed by atoms with Crippen molar-refractivity contribution in [2.24, 2.45) is 10.7 Å². The number of aliphatic imine (C=N–C) groups is 1. The number of halogens is 1. The molecule has 0 spiro atoms. The van der Waals surface area contributed by atoms with Crippen LogP contribution in [0, 0.1) is 6.92 Å². The number of guanidine groups is 1. The Morgan fingerprint density at radius 3 is 2.53 bits per heavy atom. The highest BCUT2D eigenvalue weighted by molar-refractivity contribution is 6.30. The molecular weight excluding hydrogens is 512 g/mol. The van der Waals surface area contributed by atoms with Crippen molar-refractivity contribution in [3.63, 3.8) is 0 Å². The monoisotopic (exact) mass is 532 g/mol. The standard InChI is InChI=1S/C25H21ClN8O4/c1-14-29-23(38-33-14)19-12-28-25(34(24(19)36)13-15-2-4-16(26)5-3-15)30-17-6-8-18(9-7-17)37-21-11-10-20(22(27)35)31-32-21/h2-11,19H,12-13H2,1H3,(H2,27,35)(H,28,30). The fraction of sp³-hybridized carbons (Fsp3) is 0.160. The zero-order valence-electron chi connectivity index (χ0n) is 20.0. The summed E-state index contributed by atoms with van der Waals surface area (Å²) in [5.41, 5.74) is 6.76. The van der Waals surface area contributed by atoms with Gasteiger partial charge in [0.2, 0.25) is 23.6 Å². The van der Waals surface area contributed by atoms with Crippen LogP contribution in [0.5, 0.6) is 11.6 Å². The van der Waals surface area contributed by atoms with E-state index in [-0.39, 0.29) is 36.5 Å². The molecule has 1 unspecified atom stereocenters. The molecule has 1 atom stereocenters.